The summed E-state index contributed by atoms with van der Waals surface area (Å²) in [4.78, 5) is 13.3. The number of amides is 2. The highest BCUT2D eigenvalue weighted by Crippen LogP contribution is 2.38. The smallest absolute Gasteiger partial charge is 0.418 e. The highest BCUT2D eigenvalue weighted by Gasteiger charge is 2.38. The lowest BCUT2D eigenvalue weighted by molar-refractivity contribution is -0.0907. The molecular formula is C23H21F4N3O2. The van der Waals surface area contributed by atoms with E-state index in [1.165, 1.54) is 48.0 Å². The molecule has 2 N–H and O–H groups in total. The third-order valence-corrected chi connectivity index (χ3v) is 4.59. The summed E-state index contributed by atoms with van der Waals surface area (Å²) < 4.78 is 58.7. The van der Waals surface area contributed by atoms with Crippen LogP contribution in [0.15, 0.2) is 89.2 Å². The van der Waals surface area contributed by atoms with Gasteiger partial charge in [-0.25, -0.2) is 9.18 Å². The second-order valence-electron chi connectivity index (χ2n) is 7.15. The average Bonchev–Trinajstić information content (AvgIpc) is 3.26. The van der Waals surface area contributed by atoms with Crippen molar-refractivity contribution in [2.75, 3.05) is 6.54 Å². The summed E-state index contributed by atoms with van der Waals surface area (Å²) in [6.07, 6.45) is 2.13. The van der Waals surface area contributed by atoms with Gasteiger partial charge in [-0.3, -0.25) is 0 Å². The Labute approximate surface area is 182 Å². The maximum Gasteiger partial charge on any atom is 0.418 e. The molecule has 0 atom stereocenters. The van der Waals surface area contributed by atoms with Gasteiger partial charge in [0.05, 0.1) is 18.1 Å². The Morgan fingerprint density at radius 1 is 1.25 bits per heavy atom. The van der Waals surface area contributed by atoms with Crippen LogP contribution in [0.3, 0.4) is 0 Å². The molecule has 3 rings (SSSR count). The van der Waals surface area contributed by atoms with Crippen molar-refractivity contribution in [3.63, 3.8) is 0 Å². The van der Waals surface area contributed by atoms with Crippen molar-refractivity contribution < 1.29 is 26.8 Å². The molecule has 2 amide bonds. The van der Waals surface area contributed by atoms with Crippen molar-refractivity contribution in [1.29, 1.82) is 0 Å². The number of furan rings is 1. The minimum absolute atomic E-state index is 0.0821. The minimum Gasteiger partial charge on any atom is -0.472 e. The molecule has 0 saturated carbocycles. The van der Waals surface area contributed by atoms with Gasteiger partial charge in [0.15, 0.2) is 0 Å². The number of allylic oxidation sites excluding steroid dienone is 3. The molecule has 1 aliphatic rings. The van der Waals surface area contributed by atoms with Gasteiger partial charge in [0.2, 0.25) is 0 Å². The molecule has 1 aromatic carbocycles. The van der Waals surface area contributed by atoms with E-state index in [9.17, 15) is 22.4 Å². The Bertz CT molecular complexity index is 1080. The third kappa shape index (κ3) is 5.90. The van der Waals surface area contributed by atoms with Gasteiger partial charge in [-0.15, -0.1) is 0 Å². The van der Waals surface area contributed by atoms with Gasteiger partial charge in [0.1, 0.15) is 5.82 Å². The quantitative estimate of drug-likeness (QED) is 0.577. The fourth-order valence-electron chi connectivity index (χ4n) is 2.98. The van der Waals surface area contributed by atoms with Crippen LogP contribution in [0.2, 0.25) is 0 Å². The number of carbonyl (C=O) groups is 1. The first-order valence-electron chi connectivity index (χ1n) is 9.58. The number of alkyl halides is 3. The molecular weight excluding hydrogens is 426 g/mol. The number of benzene rings is 1. The summed E-state index contributed by atoms with van der Waals surface area (Å²) in [5, 5.41) is 5.20. The van der Waals surface area contributed by atoms with Gasteiger partial charge in [-0.1, -0.05) is 18.7 Å². The summed E-state index contributed by atoms with van der Waals surface area (Å²) in [7, 11) is 0. The van der Waals surface area contributed by atoms with Gasteiger partial charge in [-0.2, -0.15) is 13.2 Å². The van der Waals surface area contributed by atoms with Crippen LogP contribution in [0.25, 0.3) is 5.57 Å². The number of nitrogens with one attached hydrogen (secondary N) is 2. The molecule has 5 nitrogen and oxygen atoms in total. The van der Waals surface area contributed by atoms with Gasteiger partial charge >= 0.3 is 12.2 Å². The molecule has 9 heteroatoms. The number of rotatable bonds is 6. The first kappa shape index (κ1) is 22.9. The molecule has 0 saturated heterocycles. The van der Waals surface area contributed by atoms with E-state index in [1.807, 2.05) is 0 Å². The number of hydrogen-bond acceptors (Lipinski definition) is 3. The Balaban J connectivity index is 1.65. The standard InChI is InChI=1S/C23H21F4N3O2/c1-15(10-28-22(31)29-11-17-4-3-5-20(24)8-17)12-30-13-19(18-6-7-32-14-18)9-21(16(30)2)23(25,26)27/h3-9,12-14H,2,10-11H2,1H3,(H2,28,29,31)/b15-12+. The lowest BCUT2D eigenvalue weighted by atomic mass is 10.0. The number of carbonyl (C=O) groups excluding carboxylic acids is 1. The molecule has 2 aromatic rings. The van der Waals surface area contributed by atoms with E-state index in [-0.39, 0.29) is 18.8 Å². The summed E-state index contributed by atoms with van der Waals surface area (Å²) in [6, 6.07) is 6.89. The van der Waals surface area contributed by atoms with Crippen molar-refractivity contribution in [3.8, 4) is 0 Å². The Morgan fingerprint density at radius 2 is 2.03 bits per heavy atom. The Hall–Kier alpha value is -3.75. The zero-order chi connectivity index (χ0) is 23.3. The van der Waals surface area contributed by atoms with E-state index in [0.29, 0.717) is 22.3 Å². The van der Waals surface area contributed by atoms with Gasteiger partial charge in [-0.05, 0) is 42.3 Å². The largest absolute Gasteiger partial charge is 0.472 e. The molecule has 0 bridgehead atoms. The van der Waals surface area contributed by atoms with E-state index in [4.69, 9.17) is 4.42 Å². The number of urea groups is 1. The summed E-state index contributed by atoms with van der Waals surface area (Å²) in [5.41, 5.74) is 0.868. The zero-order valence-electron chi connectivity index (χ0n) is 17.2. The van der Waals surface area contributed by atoms with E-state index >= 15 is 0 Å². The van der Waals surface area contributed by atoms with Crippen molar-refractivity contribution in [1.82, 2.24) is 15.5 Å². The second-order valence-corrected chi connectivity index (χ2v) is 7.15. The minimum atomic E-state index is -4.59. The van der Waals surface area contributed by atoms with E-state index < -0.39 is 23.6 Å². The zero-order valence-corrected chi connectivity index (χ0v) is 17.2. The highest BCUT2D eigenvalue weighted by molar-refractivity contribution is 5.77. The first-order chi connectivity index (χ1) is 15.1. The molecule has 1 aromatic heterocycles. The van der Waals surface area contributed by atoms with E-state index in [1.54, 1.807) is 19.1 Å². The van der Waals surface area contributed by atoms with Gasteiger partial charge < -0.3 is 20.0 Å². The van der Waals surface area contributed by atoms with E-state index in [0.717, 1.165) is 6.08 Å². The van der Waals surface area contributed by atoms with Crippen molar-refractivity contribution in [3.05, 3.63) is 102 Å². The van der Waals surface area contributed by atoms with Crippen molar-refractivity contribution in [2.45, 2.75) is 19.6 Å². The van der Waals surface area contributed by atoms with Crippen LogP contribution in [-0.4, -0.2) is 23.7 Å². The maximum atomic E-state index is 13.5. The lowest BCUT2D eigenvalue weighted by Gasteiger charge is -2.28. The normalized spacial score (nSPS) is 14.7. The predicted octanol–water partition coefficient (Wildman–Crippen LogP) is 5.48. The molecule has 32 heavy (non-hydrogen) atoms. The van der Waals surface area contributed by atoms with Crippen LogP contribution in [0.4, 0.5) is 22.4 Å². The first-order valence-corrected chi connectivity index (χ1v) is 9.58. The summed E-state index contributed by atoms with van der Waals surface area (Å²) in [5.74, 6) is -0.402. The number of hydrogen-bond donors (Lipinski definition) is 2. The molecule has 0 fully saturated rings. The average molecular weight is 447 g/mol. The van der Waals surface area contributed by atoms with Crippen LogP contribution in [0.1, 0.15) is 18.1 Å². The van der Waals surface area contributed by atoms with Crippen LogP contribution >= 0.6 is 0 Å². The van der Waals surface area contributed by atoms with E-state index in [2.05, 4.69) is 17.2 Å². The molecule has 2 heterocycles. The topological polar surface area (TPSA) is 57.5 Å². The Morgan fingerprint density at radius 3 is 2.69 bits per heavy atom. The third-order valence-electron chi connectivity index (χ3n) is 4.59. The SMILES string of the molecule is C=C1C(C(F)(F)F)=CC(c2ccoc2)=CN1/C=C(\C)CNC(=O)NCc1cccc(F)c1. The molecule has 1 aliphatic heterocycles. The monoisotopic (exact) mass is 447 g/mol. The summed E-state index contributed by atoms with van der Waals surface area (Å²) >= 11 is 0. The maximum absolute atomic E-state index is 13.5. The molecule has 168 valence electrons. The number of halogens is 4. The highest BCUT2D eigenvalue weighted by atomic mass is 19.4. The van der Waals surface area contributed by atoms with Crippen molar-refractivity contribution >= 4 is 11.6 Å². The van der Waals surface area contributed by atoms with Crippen LogP contribution in [-0.2, 0) is 6.54 Å². The van der Waals surface area contributed by atoms with Crippen LogP contribution in [0, 0.1) is 5.82 Å². The molecule has 0 unspecified atom stereocenters. The van der Waals surface area contributed by atoms with Gasteiger partial charge in [0.25, 0.3) is 0 Å². The summed E-state index contributed by atoms with van der Waals surface area (Å²) in [6.45, 7) is 5.45. The predicted molar refractivity (Wildman–Crippen MR) is 112 cm³/mol. The van der Waals surface area contributed by atoms with Crippen molar-refractivity contribution in [2.24, 2.45) is 0 Å². The number of nitrogens with zero attached hydrogens (tertiary/aromatic N) is 1. The molecule has 0 radical (unpaired) electrons. The lowest BCUT2D eigenvalue weighted by Crippen LogP contribution is -2.36. The Kier molecular flexibility index (Phi) is 6.87. The molecule has 0 aliphatic carbocycles. The van der Waals surface area contributed by atoms with Gasteiger partial charge in [0, 0.05) is 42.3 Å². The fraction of sp³-hybridized carbons (Fsp3) is 0.174. The fourth-order valence-corrected chi connectivity index (χ4v) is 2.98. The van der Waals surface area contributed by atoms with Crippen LogP contribution < -0.4 is 10.6 Å². The molecule has 0 spiro atoms. The van der Waals surface area contributed by atoms with Crippen LogP contribution in [0.5, 0.6) is 0 Å². The second kappa shape index (κ2) is 9.59.